The summed E-state index contributed by atoms with van der Waals surface area (Å²) >= 11 is 0.839. The third-order valence-corrected chi connectivity index (χ3v) is 3.87. The SMILES string of the molecule is CCC(O)CCNC(=O)Nc1cc(F)ccc1SCC(F)F. The number of carbonyl (C=O) groups excluding carboxylic acids is 1. The monoisotopic (exact) mass is 336 g/mol. The molecule has 0 spiro atoms. The summed E-state index contributed by atoms with van der Waals surface area (Å²) in [7, 11) is 0. The quantitative estimate of drug-likeness (QED) is 0.637. The van der Waals surface area contributed by atoms with Gasteiger partial charge in [-0.3, -0.25) is 0 Å². The number of aliphatic hydroxyl groups excluding tert-OH is 1. The molecular formula is C14H19F3N2O2S. The van der Waals surface area contributed by atoms with Gasteiger partial charge in [-0.05, 0) is 31.0 Å². The largest absolute Gasteiger partial charge is 0.393 e. The van der Waals surface area contributed by atoms with Crippen molar-refractivity contribution in [3.63, 3.8) is 0 Å². The average Bonchev–Trinajstić information content (AvgIpc) is 2.46. The van der Waals surface area contributed by atoms with Gasteiger partial charge in [0.15, 0.2) is 0 Å². The van der Waals surface area contributed by atoms with Crippen LogP contribution in [0.15, 0.2) is 23.1 Å². The number of anilines is 1. The first kappa shape index (κ1) is 18.6. The molecule has 8 heteroatoms. The molecule has 1 rings (SSSR count). The van der Waals surface area contributed by atoms with Gasteiger partial charge in [0.25, 0.3) is 0 Å². The Hall–Kier alpha value is -1.41. The normalized spacial score (nSPS) is 12.3. The van der Waals surface area contributed by atoms with Crippen molar-refractivity contribution in [2.75, 3.05) is 17.6 Å². The molecule has 1 aromatic carbocycles. The Labute approximate surface area is 131 Å². The first-order chi connectivity index (χ1) is 10.4. The Balaban J connectivity index is 2.58. The highest BCUT2D eigenvalue weighted by Crippen LogP contribution is 2.29. The lowest BCUT2D eigenvalue weighted by Crippen LogP contribution is -2.31. The lowest BCUT2D eigenvalue weighted by molar-refractivity contribution is 0.160. The topological polar surface area (TPSA) is 61.4 Å². The Morgan fingerprint density at radius 3 is 2.77 bits per heavy atom. The summed E-state index contributed by atoms with van der Waals surface area (Å²) < 4.78 is 37.7. The second-order valence-electron chi connectivity index (χ2n) is 4.57. The molecular weight excluding hydrogens is 317 g/mol. The van der Waals surface area contributed by atoms with E-state index in [2.05, 4.69) is 10.6 Å². The Bertz CT molecular complexity index is 489. The molecule has 1 unspecified atom stereocenters. The molecule has 1 aromatic rings. The molecule has 0 aliphatic carbocycles. The molecule has 0 saturated heterocycles. The van der Waals surface area contributed by atoms with Gasteiger partial charge in [0.2, 0.25) is 6.43 Å². The van der Waals surface area contributed by atoms with E-state index in [1.54, 1.807) is 0 Å². The summed E-state index contributed by atoms with van der Waals surface area (Å²) in [6, 6.07) is 2.99. The molecule has 0 heterocycles. The minimum Gasteiger partial charge on any atom is -0.393 e. The van der Waals surface area contributed by atoms with Crippen LogP contribution in [0, 0.1) is 5.82 Å². The van der Waals surface area contributed by atoms with Crippen molar-refractivity contribution in [3.8, 4) is 0 Å². The number of alkyl halides is 2. The van der Waals surface area contributed by atoms with Crippen LogP contribution in [0.4, 0.5) is 23.7 Å². The molecule has 124 valence electrons. The van der Waals surface area contributed by atoms with Gasteiger partial charge in [-0.1, -0.05) is 6.92 Å². The molecule has 1 atom stereocenters. The van der Waals surface area contributed by atoms with Gasteiger partial charge in [-0.15, -0.1) is 11.8 Å². The summed E-state index contributed by atoms with van der Waals surface area (Å²) in [5.74, 6) is -1.01. The summed E-state index contributed by atoms with van der Waals surface area (Å²) in [5.41, 5.74) is 0.138. The van der Waals surface area contributed by atoms with Crippen molar-refractivity contribution in [2.45, 2.75) is 37.2 Å². The van der Waals surface area contributed by atoms with Gasteiger partial charge < -0.3 is 15.7 Å². The van der Waals surface area contributed by atoms with Crippen molar-refractivity contribution >= 4 is 23.5 Å². The number of amides is 2. The molecule has 2 amide bonds. The zero-order valence-electron chi connectivity index (χ0n) is 12.1. The van der Waals surface area contributed by atoms with E-state index in [1.807, 2.05) is 6.92 Å². The van der Waals surface area contributed by atoms with E-state index in [9.17, 15) is 23.1 Å². The number of rotatable bonds is 8. The Morgan fingerprint density at radius 1 is 1.41 bits per heavy atom. The van der Waals surface area contributed by atoms with E-state index < -0.39 is 30.1 Å². The van der Waals surface area contributed by atoms with Crippen LogP contribution in [-0.2, 0) is 0 Å². The molecule has 4 nitrogen and oxygen atoms in total. The molecule has 0 aromatic heterocycles. The summed E-state index contributed by atoms with van der Waals surface area (Å²) in [6.45, 7) is 2.08. The van der Waals surface area contributed by atoms with E-state index in [-0.39, 0.29) is 12.2 Å². The highest BCUT2D eigenvalue weighted by molar-refractivity contribution is 7.99. The van der Waals surface area contributed by atoms with Crippen LogP contribution in [0.25, 0.3) is 0 Å². The highest BCUT2D eigenvalue weighted by atomic mass is 32.2. The minimum absolute atomic E-state index is 0.138. The lowest BCUT2D eigenvalue weighted by atomic mass is 10.2. The van der Waals surface area contributed by atoms with Gasteiger partial charge in [0.05, 0.1) is 17.5 Å². The number of hydrogen-bond donors (Lipinski definition) is 3. The Morgan fingerprint density at radius 2 is 2.14 bits per heavy atom. The van der Waals surface area contributed by atoms with Crippen LogP contribution in [0.1, 0.15) is 19.8 Å². The zero-order valence-corrected chi connectivity index (χ0v) is 12.9. The van der Waals surface area contributed by atoms with Gasteiger partial charge in [-0.25, -0.2) is 18.0 Å². The number of carbonyl (C=O) groups is 1. The van der Waals surface area contributed by atoms with Crippen LogP contribution in [0.2, 0.25) is 0 Å². The summed E-state index contributed by atoms with van der Waals surface area (Å²) in [5, 5.41) is 14.3. The first-order valence-electron chi connectivity index (χ1n) is 6.85. The Kier molecular flexibility index (Phi) is 8.11. The fraction of sp³-hybridized carbons (Fsp3) is 0.500. The van der Waals surface area contributed by atoms with Crippen LogP contribution in [-0.4, -0.2) is 36.0 Å². The van der Waals surface area contributed by atoms with Crippen LogP contribution in [0.3, 0.4) is 0 Å². The maximum atomic E-state index is 13.2. The molecule has 0 bridgehead atoms. The number of benzene rings is 1. The lowest BCUT2D eigenvalue weighted by Gasteiger charge is -2.13. The van der Waals surface area contributed by atoms with Gasteiger partial charge in [-0.2, -0.15) is 0 Å². The molecule has 3 N–H and O–H groups in total. The molecule has 0 aliphatic rings. The van der Waals surface area contributed by atoms with Crippen molar-refractivity contribution in [3.05, 3.63) is 24.0 Å². The standard InChI is InChI=1S/C14H19F3N2O2S/c1-2-10(20)5-6-18-14(21)19-11-7-9(15)3-4-12(11)22-8-13(16)17/h3-4,7,10,13,20H,2,5-6,8H2,1H3,(H2,18,19,21). The number of urea groups is 1. The predicted octanol–water partition coefficient (Wildman–Crippen LogP) is 3.47. The van der Waals surface area contributed by atoms with Crippen LogP contribution < -0.4 is 10.6 Å². The second kappa shape index (κ2) is 9.58. The molecule has 0 saturated carbocycles. The average molecular weight is 336 g/mol. The third kappa shape index (κ3) is 7.04. The predicted molar refractivity (Wildman–Crippen MR) is 81.1 cm³/mol. The van der Waals surface area contributed by atoms with Crippen molar-refractivity contribution in [1.82, 2.24) is 5.32 Å². The first-order valence-corrected chi connectivity index (χ1v) is 7.84. The van der Waals surface area contributed by atoms with E-state index in [0.717, 1.165) is 23.9 Å². The summed E-state index contributed by atoms with van der Waals surface area (Å²) in [6.07, 6.45) is -2.00. The van der Waals surface area contributed by atoms with E-state index in [4.69, 9.17) is 0 Å². The minimum atomic E-state index is -2.49. The molecule has 0 fully saturated rings. The maximum Gasteiger partial charge on any atom is 0.319 e. The third-order valence-electron chi connectivity index (χ3n) is 2.79. The van der Waals surface area contributed by atoms with Gasteiger partial charge >= 0.3 is 6.03 Å². The van der Waals surface area contributed by atoms with Gasteiger partial charge in [0.1, 0.15) is 5.82 Å². The van der Waals surface area contributed by atoms with E-state index in [1.165, 1.54) is 6.07 Å². The number of halogens is 3. The number of aliphatic hydroxyl groups is 1. The van der Waals surface area contributed by atoms with E-state index in [0.29, 0.717) is 17.7 Å². The second-order valence-corrected chi connectivity index (χ2v) is 5.64. The van der Waals surface area contributed by atoms with Crippen LogP contribution >= 0.6 is 11.8 Å². The van der Waals surface area contributed by atoms with Gasteiger partial charge in [0, 0.05) is 11.4 Å². The number of nitrogens with one attached hydrogen (secondary N) is 2. The van der Waals surface area contributed by atoms with E-state index >= 15 is 0 Å². The summed E-state index contributed by atoms with van der Waals surface area (Å²) in [4.78, 5) is 12.1. The zero-order chi connectivity index (χ0) is 16.5. The van der Waals surface area contributed by atoms with Crippen molar-refractivity contribution in [1.29, 1.82) is 0 Å². The fourth-order valence-electron chi connectivity index (χ4n) is 1.60. The van der Waals surface area contributed by atoms with Crippen molar-refractivity contribution < 1.29 is 23.1 Å². The molecule has 0 radical (unpaired) electrons. The molecule has 22 heavy (non-hydrogen) atoms. The highest BCUT2D eigenvalue weighted by Gasteiger charge is 2.11. The van der Waals surface area contributed by atoms with Crippen molar-refractivity contribution in [2.24, 2.45) is 0 Å². The maximum absolute atomic E-state index is 13.2. The smallest absolute Gasteiger partial charge is 0.319 e. The number of thioether (sulfide) groups is 1. The number of hydrogen-bond acceptors (Lipinski definition) is 3. The van der Waals surface area contributed by atoms with Crippen LogP contribution in [0.5, 0.6) is 0 Å². The molecule has 0 aliphatic heterocycles. The fourth-order valence-corrected chi connectivity index (χ4v) is 2.34.